The molecule has 2 bridgehead atoms. The molecule has 2 atom stereocenters. The molecule has 0 N–H and O–H groups in total. The van der Waals surface area contributed by atoms with Gasteiger partial charge in [-0.2, -0.15) is 0 Å². The van der Waals surface area contributed by atoms with Crippen LogP contribution in [0.5, 0.6) is 0 Å². The summed E-state index contributed by atoms with van der Waals surface area (Å²) in [6.07, 6.45) is 3.30. The lowest BCUT2D eigenvalue weighted by Gasteiger charge is -2.09. The summed E-state index contributed by atoms with van der Waals surface area (Å²) in [7, 11) is 0. The molecule has 56 valence electrons. The second-order valence-electron chi connectivity index (χ2n) is 3.32. The molecule has 0 aliphatic carbocycles. The highest BCUT2D eigenvalue weighted by molar-refractivity contribution is 5.36. The van der Waals surface area contributed by atoms with E-state index in [0.29, 0.717) is 12.2 Å². The van der Waals surface area contributed by atoms with Gasteiger partial charge in [-0.05, 0) is 24.0 Å². The van der Waals surface area contributed by atoms with Gasteiger partial charge in [-0.15, -0.1) is 0 Å². The second kappa shape index (κ2) is 1.86. The summed E-state index contributed by atoms with van der Waals surface area (Å²) in [5, 5.41) is 0. The van der Waals surface area contributed by atoms with Crippen molar-refractivity contribution in [1.29, 1.82) is 0 Å². The third-order valence-corrected chi connectivity index (χ3v) is 2.71. The van der Waals surface area contributed by atoms with E-state index in [9.17, 15) is 0 Å². The molecular formula is C10H10O. The Labute approximate surface area is 66.0 Å². The predicted molar refractivity (Wildman–Crippen MR) is 42.2 cm³/mol. The van der Waals surface area contributed by atoms with Crippen LogP contribution in [-0.4, -0.2) is 0 Å². The molecule has 11 heavy (non-hydrogen) atoms. The minimum absolute atomic E-state index is 0.427. The van der Waals surface area contributed by atoms with Gasteiger partial charge < -0.3 is 4.74 Å². The Morgan fingerprint density at radius 2 is 1.55 bits per heavy atom. The van der Waals surface area contributed by atoms with E-state index in [0.717, 1.165) is 0 Å². The van der Waals surface area contributed by atoms with Gasteiger partial charge in [0.2, 0.25) is 0 Å². The van der Waals surface area contributed by atoms with Crippen LogP contribution >= 0.6 is 0 Å². The minimum atomic E-state index is 0.427. The molecule has 0 radical (unpaired) electrons. The molecule has 2 aliphatic heterocycles. The average molecular weight is 146 g/mol. The fourth-order valence-corrected chi connectivity index (χ4v) is 2.19. The average Bonchev–Trinajstić information content (AvgIpc) is 2.64. The first kappa shape index (κ1) is 5.78. The van der Waals surface area contributed by atoms with Crippen LogP contribution in [0.4, 0.5) is 0 Å². The van der Waals surface area contributed by atoms with Crippen molar-refractivity contribution in [3.8, 4) is 0 Å². The highest BCUT2D eigenvalue weighted by Gasteiger charge is 2.37. The Hall–Kier alpha value is -0.820. The van der Waals surface area contributed by atoms with Crippen LogP contribution in [0.2, 0.25) is 0 Å². The van der Waals surface area contributed by atoms with Gasteiger partial charge in [-0.1, -0.05) is 24.3 Å². The van der Waals surface area contributed by atoms with Gasteiger partial charge in [0, 0.05) is 0 Å². The van der Waals surface area contributed by atoms with Crippen LogP contribution in [0.3, 0.4) is 0 Å². The molecule has 1 fully saturated rings. The van der Waals surface area contributed by atoms with Crippen molar-refractivity contribution in [3.05, 3.63) is 35.4 Å². The number of rotatable bonds is 0. The minimum Gasteiger partial charge on any atom is -0.366 e. The fourth-order valence-electron chi connectivity index (χ4n) is 2.19. The summed E-state index contributed by atoms with van der Waals surface area (Å²) in [5.74, 6) is 0. The van der Waals surface area contributed by atoms with Crippen molar-refractivity contribution in [2.75, 3.05) is 0 Å². The monoisotopic (exact) mass is 146 g/mol. The number of fused-ring (bicyclic) bond motifs is 5. The molecule has 0 aromatic heterocycles. The van der Waals surface area contributed by atoms with E-state index >= 15 is 0 Å². The van der Waals surface area contributed by atoms with Crippen molar-refractivity contribution in [2.24, 2.45) is 0 Å². The lowest BCUT2D eigenvalue weighted by Crippen LogP contribution is -1.95. The van der Waals surface area contributed by atoms with E-state index in [1.807, 2.05) is 0 Å². The quantitative estimate of drug-likeness (QED) is 0.546. The molecule has 0 unspecified atom stereocenters. The number of hydrogen-bond acceptors (Lipinski definition) is 1. The summed E-state index contributed by atoms with van der Waals surface area (Å²) < 4.78 is 5.74. The van der Waals surface area contributed by atoms with Gasteiger partial charge in [0.05, 0.1) is 12.2 Å². The zero-order valence-electron chi connectivity index (χ0n) is 6.29. The standard InChI is InChI=1S/C10H10O/c1-2-4-8-7(3-1)9-5-6-10(8)11-9/h1-4,9-10H,5-6H2/t9-,10-/m0/s1. The molecule has 2 heterocycles. The summed E-state index contributed by atoms with van der Waals surface area (Å²) in [4.78, 5) is 0. The van der Waals surface area contributed by atoms with Gasteiger partial charge in [-0.25, -0.2) is 0 Å². The Balaban J connectivity index is 2.23. The zero-order valence-corrected chi connectivity index (χ0v) is 6.29. The van der Waals surface area contributed by atoms with Gasteiger partial charge in [-0.3, -0.25) is 0 Å². The number of hydrogen-bond donors (Lipinski definition) is 0. The summed E-state index contributed by atoms with van der Waals surface area (Å²) >= 11 is 0. The highest BCUT2D eigenvalue weighted by Crippen LogP contribution is 2.49. The van der Waals surface area contributed by atoms with Crippen molar-refractivity contribution in [1.82, 2.24) is 0 Å². The normalized spacial score (nSPS) is 32.4. The SMILES string of the molecule is c1ccc2c(c1)[C@@H]1CC[C@@H]2O1. The van der Waals surface area contributed by atoms with Crippen LogP contribution in [0.1, 0.15) is 36.2 Å². The van der Waals surface area contributed by atoms with Gasteiger partial charge in [0.25, 0.3) is 0 Å². The van der Waals surface area contributed by atoms with Gasteiger partial charge >= 0.3 is 0 Å². The molecule has 3 rings (SSSR count). The Morgan fingerprint density at radius 3 is 2.09 bits per heavy atom. The second-order valence-corrected chi connectivity index (χ2v) is 3.32. The molecule has 1 heteroatoms. The maximum absolute atomic E-state index is 5.74. The fraction of sp³-hybridized carbons (Fsp3) is 0.400. The predicted octanol–water partition coefficient (Wildman–Crippen LogP) is 2.59. The smallest absolute Gasteiger partial charge is 0.0838 e. The Bertz CT molecular complexity index is 264. The van der Waals surface area contributed by atoms with Crippen molar-refractivity contribution in [2.45, 2.75) is 25.0 Å². The topological polar surface area (TPSA) is 9.23 Å². The Morgan fingerprint density at radius 1 is 1.00 bits per heavy atom. The number of benzene rings is 1. The Kier molecular flexibility index (Phi) is 0.977. The maximum Gasteiger partial charge on any atom is 0.0838 e. The van der Waals surface area contributed by atoms with Gasteiger partial charge in [0.15, 0.2) is 0 Å². The number of ether oxygens (including phenoxy) is 1. The zero-order chi connectivity index (χ0) is 7.26. The summed E-state index contributed by atoms with van der Waals surface area (Å²) in [5.41, 5.74) is 2.87. The van der Waals surface area contributed by atoms with E-state index in [2.05, 4.69) is 24.3 Å². The molecule has 1 saturated heterocycles. The lowest BCUT2D eigenvalue weighted by atomic mass is 9.92. The van der Waals surface area contributed by atoms with Crippen LogP contribution in [0, 0.1) is 0 Å². The summed E-state index contributed by atoms with van der Waals surface area (Å²) in [6.45, 7) is 0. The van der Waals surface area contributed by atoms with Crippen LogP contribution in [0.15, 0.2) is 24.3 Å². The van der Waals surface area contributed by atoms with E-state index in [-0.39, 0.29) is 0 Å². The maximum atomic E-state index is 5.74. The van der Waals surface area contributed by atoms with Crippen molar-refractivity contribution >= 4 is 0 Å². The van der Waals surface area contributed by atoms with Crippen LogP contribution < -0.4 is 0 Å². The first-order valence-electron chi connectivity index (χ1n) is 4.19. The first-order valence-corrected chi connectivity index (χ1v) is 4.19. The third kappa shape index (κ3) is 0.641. The van der Waals surface area contributed by atoms with Crippen molar-refractivity contribution < 1.29 is 4.74 Å². The van der Waals surface area contributed by atoms with E-state index in [4.69, 9.17) is 4.74 Å². The molecule has 0 saturated carbocycles. The molecule has 1 aromatic rings. The van der Waals surface area contributed by atoms with E-state index in [1.54, 1.807) is 0 Å². The van der Waals surface area contributed by atoms with Crippen molar-refractivity contribution in [3.63, 3.8) is 0 Å². The molecule has 1 nitrogen and oxygen atoms in total. The molecular weight excluding hydrogens is 136 g/mol. The molecule has 0 spiro atoms. The van der Waals surface area contributed by atoms with Gasteiger partial charge in [0.1, 0.15) is 0 Å². The molecule has 2 aliphatic rings. The van der Waals surface area contributed by atoms with Crippen LogP contribution in [0.25, 0.3) is 0 Å². The summed E-state index contributed by atoms with van der Waals surface area (Å²) in [6, 6.07) is 8.59. The molecule has 0 amide bonds. The first-order chi connectivity index (χ1) is 5.45. The highest BCUT2D eigenvalue weighted by atomic mass is 16.5. The third-order valence-electron chi connectivity index (χ3n) is 2.71. The molecule has 1 aromatic carbocycles. The largest absolute Gasteiger partial charge is 0.366 e. The van der Waals surface area contributed by atoms with E-state index < -0.39 is 0 Å². The lowest BCUT2D eigenvalue weighted by molar-refractivity contribution is 0.0716. The van der Waals surface area contributed by atoms with E-state index in [1.165, 1.54) is 24.0 Å². The van der Waals surface area contributed by atoms with Crippen LogP contribution in [-0.2, 0) is 4.74 Å².